The molecular weight excluding hydrogens is 275 g/mol. The van der Waals surface area contributed by atoms with Crippen LogP contribution in [0.15, 0.2) is 24.3 Å². The van der Waals surface area contributed by atoms with Gasteiger partial charge in [-0.1, -0.05) is 26.0 Å². The summed E-state index contributed by atoms with van der Waals surface area (Å²) in [7, 11) is 0. The van der Waals surface area contributed by atoms with E-state index in [2.05, 4.69) is 24.1 Å². The standard InChI is InChI=1S/C15H23FN2OS/c1-4-18(5-2)10-11-20-12(3)15(19)17-14-9-7-6-8-13(14)16/h6-9,12H,4-5,10-11H2,1-3H3,(H,17,19)/t12-/m0/s1. The summed E-state index contributed by atoms with van der Waals surface area (Å²) in [5.74, 6) is 0.342. The molecule has 0 aliphatic rings. The largest absolute Gasteiger partial charge is 0.323 e. The van der Waals surface area contributed by atoms with E-state index in [0.29, 0.717) is 0 Å². The highest BCUT2D eigenvalue weighted by Crippen LogP contribution is 2.16. The lowest BCUT2D eigenvalue weighted by atomic mass is 10.3. The average molecular weight is 298 g/mol. The van der Waals surface area contributed by atoms with Crippen molar-refractivity contribution < 1.29 is 9.18 Å². The van der Waals surface area contributed by atoms with E-state index in [1.54, 1.807) is 30.0 Å². The van der Waals surface area contributed by atoms with Crippen LogP contribution in [0.2, 0.25) is 0 Å². The number of amides is 1. The molecule has 1 atom stereocenters. The molecule has 1 N–H and O–H groups in total. The highest BCUT2D eigenvalue weighted by atomic mass is 32.2. The number of anilines is 1. The number of thioether (sulfide) groups is 1. The normalized spacial score (nSPS) is 12.4. The molecule has 1 aromatic carbocycles. The first-order valence-corrected chi connectivity index (χ1v) is 8.02. The molecule has 20 heavy (non-hydrogen) atoms. The minimum absolute atomic E-state index is 0.153. The van der Waals surface area contributed by atoms with Crippen LogP contribution in [-0.4, -0.2) is 41.4 Å². The van der Waals surface area contributed by atoms with Gasteiger partial charge in [-0.05, 0) is 32.1 Å². The van der Waals surface area contributed by atoms with Crippen molar-refractivity contribution in [3.8, 4) is 0 Å². The molecule has 0 saturated heterocycles. The summed E-state index contributed by atoms with van der Waals surface area (Å²) in [6.07, 6.45) is 0. The number of nitrogens with zero attached hydrogens (tertiary/aromatic N) is 1. The van der Waals surface area contributed by atoms with Gasteiger partial charge in [0.1, 0.15) is 5.82 Å². The summed E-state index contributed by atoms with van der Waals surface area (Å²) in [6.45, 7) is 9.11. The van der Waals surface area contributed by atoms with Crippen LogP contribution in [-0.2, 0) is 4.79 Å². The quantitative estimate of drug-likeness (QED) is 0.800. The van der Waals surface area contributed by atoms with E-state index >= 15 is 0 Å². The van der Waals surface area contributed by atoms with Gasteiger partial charge >= 0.3 is 0 Å². The third-order valence-corrected chi connectivity index (χ3v) is 4.30. The van der Waals surface area contributed by atoms with Gasteiger partial charge in [-0.3, -0.25) is 4.79 Å². The third kappa shape index (κ3) is 5.51. The Morgan fingerprint density at radius 2 is 2.00 bits per heavy atom. The Kier molecular flexibility index (Phi) is 7.62. The Morgan fingerprint density at radius 3 is 2.60 bits per heavy atom. The molecular formula is C15H23FN2OS. The van der Waals surface area contributed by atoms with E-state index < -0.39 is 5.82 Å². The summed E-state index contributed by atoms with van der Waals surface area (Å²) in [5, 5.41) is 2.44. The fraction of sp³-hybridized carbons (Fsp3) is 0.533. The van der Waals surface area contributed by atoms with Crippen molar-refractivity contribution in [2.75, 3.05) is 30.7 Å². The Hall–Kier alpha value is -1.07. The van der Waals surface area contributed by atoms with Gasteiger partial charge in [0, 0.05) is 12.3 Å². The number of benzene rings is 1. The van der Waals surface area contributed by atoms with Crippen LogP contribution in [0.25, 0.3) is 0 Å². The van der Waals surface area contributed by atoms with E-state index in [-0.39, 0.29) is 16.8 Å². The first-order valence-electron chi connectivity index (χ1n) is 6.97. The van der Waals surface area contributed by atoms with E-state index in [1.807, 2.05) is 6.92 Å². The van der Waals surface area contributed by atoms with Crippen LogP contribution in [0.5, 0.6) is 0 Å². The molecule has 112 valence electrons. The highest BCUT2D eigenvalue weighted by Gasteiger charge is 2.15. The van der Waals surface area contributed by atoms with E-state index in [0.717, 1.165) is 25.4 Å². The molecule has 3 nitrogen and oxygen atoms in total. The second kappa shape index (κ2) is 8.97. The van der Waals surface area contributed by atoms with Gasteiger partial charge in [0.2, 0.25) is 5.91 Å². The minimum atomic E-state index is -0.402. The topological polar surface area (TPSA) is 32.3 Å². The first-order chi connectivity index (χ1) is 9.58. The first kappa shape index (κ1) is 17.0. The Morgan fingerprint density at radius 1 is 1.35 bits per heavy atom. The number of carbonyl (C=O) groups is 1. The van der Waals surface area contributed by atoms with Gasteiger partial charge in [0.05, 0.1) is 10.9 Å². The van der Waals surface area contributed by atoms with Gasteiger partial charge in [0.15, 0.2) is 0 Å². The molecule has 1 amide bonds. The van der Waals surface area contributed by atoms with Gasteiger partial charge in [-0.25, -0.2) is 4.39 Å². The van der Waals surface area contributed by atoms with E-state index in [4.69, 9.17) is 0 Å². The van der Waals surface area contributed by atoms with Crippen LogP contribution in [0.3, 0.4) is 0 Å². The van der Waals surface area contributed by atoms with Crippen LogP contribution in [0.1, 0.15) is 20.8 Å². The summed E-state index contributed by atoms with van der Waals surface area (Å²) in [4.78, 5) is 14.3. The molecule has 0 radical (unpaired) electrons. The summed E-state index contributed by atoms with van der Waals surface area (Å²) >= 11 is 1.59. The van der Waals surface area contributed by atoms with Crippen molar-refractivity contribution >= 4 is 23.4 Å². The molecule has 0 unspecified atom stereocenters. The zero-order valence-electron chi connectivity index (χ0n) is 12.4. The molecule has 0 bridgehead atoms. The second-order valence-corrected chi connectivity index (χ2v) is 5.96. The summed E-state index contributed by atoms with van der Waals surface area (Å²) < 4.78 is 13.4. The van der Waals surface area contributed by atoms with Crippen molar-refractivity contribution in [1.29, 1.82) is 0 Å². The molecule has 0 aliphatic carbocycles. The SMILES string of the molecule is CCN(CC)CCS[C@@H](C)C(=O)Nc1ccccc1F. The summed E-state index contributed by atoms with van der Waals surface area (Å²) in [5.41, 5.74) is 0.244. The monoisotopic (exact) mass is 298 g/mol. The lowest BCUT2D eigenvalue weighted by Crippen LogP contribution is -2.28. The fourth-order valence-corrected chi connectivity index (χ4v) is 2.70. The predicted octanol–water partition coefficient (Wildman–Crippen LogP) is 3.23. The zero-order valence-corrected chi connectivity index (χ0v) is 13.2. The molecule has 0 heterocycles. The molecule has 0 fully saturated rings. The van der Waals surface area contributed by atoms with Crippen molar-refractivity contribution in [3.05, 3.63) is 30.1 Å². The molecule has 0 aromatic heterocycles. The Bertz CT molecular complexity index is 424. The number of para-hydroxylation sites is 1. The van der Waals surface area contributed by atoms with E-state index in [9.17, 15) is 9.18 Å². The number of carbonyl (C=O) groups excluding carboxylic acids is 1. The molecule has 0 saturated carbocycles. The maximum atomic E-state index is 13.4. The smallest absolute Gasteiger partial charge is 0.237 e. The number of hydrogen-bond acceptors (Lipinski definition) is 3. The molecule has 1 aromatic rings. The average Bonchev–Trinajstić information content (AvgIpc) is 2.45. The van der Waals surface area contributed by atoms with Gasteiger partial charge in [0.25, 0.3) is 0 Å². The van der Waals surface area contributed by atoms with Gasteiger partial charge in [-0.2, -0.15) is 0 Å². The predicted molar refractivity (Wildman–Crippen MR) is 84.7 cm³/mol. The fourth-order valence-electron chi connectivity index (χ4n) is 1.77. The minimum Gasteiger partial charge on any atom is -0.323 e. The van der Waals surface area contributed by atoms with Crippen molar-refractivity contribution in [2.45, 2.75) is 26.0 Å². The van der Waals surface area contributed by atoms with Gasteiger partial charge in [-0.15, -0.1) is 11.8 Å². The number of nitrogens with one attached hydrogen (secondary N) is 1. The summed E-state index contributed by atoms with van der Waals surface area (Å²) in [6, 6.07) is 6.22. The molecule has 0 spiro atoms. The lowest BCUT2D eigenvalue weighted by Gasteiger charge is -2.19. The molecule has 1 rings (SSSR count). The number of halogens is 1. The van der Waals surface area contributed by atoms with Crippen molar-refractivity contribution in [3.63, 3.8) is 0 Å². The maximum absolute atomic E-state index is 13.4. The number of rotatable bonds is 8. The van der Waals surface area contributed by atoms with Crippen LogP contribution in [0.4, 0.5) is 10.1 Å². The van der Waals surface area contributed by atoms with Crippen LogP contribution in [0, 0.1) is 5.82 Å². The highest BCUT2D eigenvalue weighted by molar-refractivity contribution is 8.00. The lowest BCUT2D eigenvalue weighted by molar-refractivity contribution is -0.115. The van der Waals surface area contributed by atoms with Gasteiger partial charge < -0.3 is 10.2 Å². The van der Waals surface area contributed by atoms with E-state index in [1.165, 1.54) is 6.07 Å². The number of hydrogen-bond donors (Lipinski definition) is 1. The molecule has 0 aliphatic heterocycles. The third-order valence-electron chi connectivity index (χ3n) is 3.17. The Labute approximate surface area is 124 Å². The second-order valence-electron chi connectivity index (χ2n) is 4.51. The zero-order chi connectivity index (χ0) is 15.0. The molecule has 5 heteroatoms. The van der Waals surface area contributed by atoms with Crippen LogP contribution >= 0.6 is 11.8 Å². The maximum Gasteiger partial charge on any atom is 0.237 e. The Balaban J connectivity index is 2.38. The van der Waals surface area contributed by atoms with Crippen molar-refractivity contribution in [2.24, 2.45) is 0 Å². The van der Waals surface area contributed by atoms with Crippen molar-refractivity contribution in [1.82, 2.24) is 4.90 Å². The van der Waals surface area contributed by atoms with Crippen LogP contribution < -0.4 is 5.32 Å².